The third-order valence-electron chi connectivity index (χ3n) is 4.65. The fourth-order valence-corrected chi connectivity index (χ4v) is 3.29. The van der Waals surface area contributed by atoms with Crippen molar-refractivity contribution in [2.45, 2.75) is 53.6 Å². The molecular weight excluding hydrogens is 384 g/mol. The molecule has 0 bridgehead atoms. The molecule has 0 aliphatic carbocycles. The van der Waals surface area contributed by atoms with Crippen LogP contribution < -0.4 is 10.6 Å². The van der Waals surface area contributed by atoms with E-state index < -0.39 is 11.8 Å². The van der Waals surface area contributed by atoms with E-state index in [0.717, 1.165) is 11.4 Å². The average Bonchev–Trinajstić information content (AvgIpc) is 3.31. The molecule has 3 heterocycles. The molecule has 3 rings (SSSR count). The molecule has 0 aromatic carbocycles. The van der Waals surface area contributed by atoms with Crippen molar-refractivity contribution in [3.8, 4) is 0 Å². The number of aromatic nitrogens is 6. The summed E-state index contributed by atoms with van der Waals surface area (Å²) in [7, 11) is 1.61. The fraction of sp³-hybridized carbons (Fsp3) is 0.450. The third kappa shape index (κ3) is 4.27. The van der Waals surface area contributed by atoms with E-state index in [4.69, 9.17) is 0 Å². The molecule has 0 unspecified atom stereocenters. The normalized spacial score (nSPS) is 11.4. The predicted molar refractivity (Wildman–Crippen MR) is 114 cm³/mol. The van der Waals surface area contributed by atoms with Crippen molar-refractivity contribution in [2.75, 3.05) is 10.6 Å². The Morgan fingerprint density at radius 1 is 0.800 bits per heavy atom. The van der Waals surface area contributed by atoms with Gasteiger partial charge >= 0.3 is 0 Å². The maximum Gasteiger partial charge on any atom is 0.277 e. The van der Waals surface area contributed by atoms with E-state index in [2.05, 4.69) is 25.9 Å². The molecule has 10 heteroatoms. The Morgan fingerprint density at radius 2 is 1.27 bits per heavy atom. The first kappa shape index (κ1) is 21.3. The lowest BCUT2D eigenvalue weighted by atomic mass is 10.3. The summed E-state index contributed by atoms with van der Waals surface area (Å²) in [6.07, 6.45) is 0. The monoisotopic (exact) mass is 412 g/mol. The topological polar surface area (TPSA) is 112 Å². The van der Waals surface area contributed by atoms with Gasteiger partial charge in [-0.05, 0) is 41.5 Å². The molecule has 0 saturated carbocycles. The number of aryl methyl sites for hydroxylation is 3. The first-order chi connectivity index (χ1) is 14.1. The van der Waals surface area contributed by atoms with Gasteiger partial charge in [0.1, 0.15) is 5.69 Å². The van der Waals surface area contributed by atoms with E-state index in [0.29, 0.717) is 11.6 Å². The summed E-state index contributed by atoms with van der Waals surface area (Å²) in [6.45, 7) is 11.9. The van der Waals surface area contributed by atoms with Gasteiger partial charge in [-0.3, -0.25) is 23.6 Å². The standard InChI is InChI=1S/C20H28N8O2/c1-11(2)27-13(5)8-17(24-27)21-19(29)15-10-16(26(7)23-15)20(30)22-18-9-14(6)28(25-18)12(3)4/h8-12H,1-7H3,(H,21,24,29)(H,22,25,30). The largest absolute Gasteiger partial charge is 0.304 e. The number of amides is 2. The van der Waals surface area contributed by atoms with Gasteiger partial charge < -0.3 is 10.6 Å². The summed E-state index contributed by atoms with van der Waals surface area (Å²) in [5.41, 5.74) is 2.27. The van der Waals surface area contributed by atoms with Gasteiger partial charge in [0, 0.05) is 48.7 Å². The number of nitrogens with one attached hydrogen (secondary N) is 2. The third-order valence-corrected chi connectivity index (χ3v) is 4.65. The summed E-state index contributed by atoms with van der Waals surface area (Å²) < 4.78 is 5.02. The highest BCUT2D eigenvalue weighted by molar-refractivity contribution is 6.07. The van der Waals surface area contributed by atoms with E-state index >= 15 is 0 Å². The minimum atomic E-state index is -0.432. The second kappa shape index (κ2) is 8.13. The number of carbonyl (C=O) groups excluding carboxylic acids is 2. The van der Waals surface area contributed by atoms with Gasteiger partial charge in [-0.25, -0.2) is 0 Å². The molecule has 0 fully saturated rings. The van der Waals surface area contributed by atoms with Gasteiger partial charge in [-0.2, -0.15) is 15.3 Å². The Labute approximate surface area is 175 Å². The zero-order valence-corrected chi connectivity index (χ0v) is 18.4. The van der Waals surface area contributed by atoms with Gasteiger partial charge in [-0.15, -0.1) is 0 Å². The van der Waals surface area contributed by atoms with Crippen LogP contribution >= 0.6 is 0 Å². The number of hydrogen-bond donors (Lipinski definition) is 2. The molecule has 0 spiro atoms. The molecule has 0 atom stereocenters. The lowest BCUT2D eigenvalue weighted by Gasteiger charge is -2.07. The molecule has 0 aliphatic rings. The van der Waals surface area contributed by atoms with Crippen molar-refractivity contribution >= 4 is 23.5 Å². The number of anilines is 2. The van der Waals surface area contributed by atoms with E-state index in [9.17, 15) is 9.59 Å². The quantitative estimate of drug-likeness (QED) is 0.646. The minimum Gasteiger partial charge on any atom is -0.304 e. The molecule has 2 amide bonds. The molecule has 160 valence electrons. The second-order valence-electron chi connectivity index (χ2n) is 7.87. The average molecular weight is 412 g/mol. The predicted octanol–water partition coefficient (Wildman–Crippen LogP) is 3.10. The van der Waals surface area contributed by atoms with Crippen LogP contribution in [0, 0.1) is 13.8 Å². The van der Waals surface area contributed by atoms with Crippen LogP contribution in [0.5, 0.6) is 0 Å². The van der Waals surface area contributed by atoms with Crippen LogP contribution in [0.2, 0.25) is 0 Å². The van der Waals surface area contributed by atoms with Crippen LogP contribution in [0.4, 0.5) is 11.6 Å². The molecule has 3 aromatic rings. The molecule has 30 heavy (non-hydrogen) atoms. The Morgan fingerprint density at radius 3 is 1.70 bits per heavy atom. The molecule has 0 saturated heterocycles. The zero-order valence-electron chi connectivity index (χ0n) is 18.4. The number of carbonyl (C=O) groups is 2. The highest BCUT2D eigenvalue weighted by atomic mass is 16.2. The smallest absolute Gasteiger partial charge is 0.277 e. The van der Waals surface area contributed by atoms with Crippen molar-refractivity contribution < 1.29 is 9.59 Å². The minimum absolute atomic E-state index is 0.128. The zero-order chi connectivity index (χ0) is 22.2. The summed E-state index contributed by atoms with van der Waals surface area (Å²) in [4.78, 5) is 25.3. The maximum atomic E-state index is 12.7. The highest BCUT2D eigenvalue weighted by Crippen LogP contribution is 2.17. The van der Waals surface area contributed by atoms with Gasteiger partial charge in [0.05, 0.1) is 0 Å². The van der Waals surface area contributed by atoms with Crippen LogP contribution in [-0.2, 0) is 7.05 Å². The van der Waals surface area contributed by atoms with Gasteiger partial charge in [0.25, 0.3) is 11.8 Å². The van der Waals surface area contributed by atoms with Crippen LogP contribution in [0.3, 0.4) is 0 Å². The van der Waals surface area contributed by atoms with Crippen molar-refractivity contribution in [1.82, 2.24) is 29.3 Å². The van der Waals surface area contributed by atoms with Gasteiger partial charge in [-0.1, -0.05) is 0 Å². The van der Waals surface area contributed by atoms with Crippen LogP contribution in [0.25, 0.3) is 0 Å². The Hall–Kier alpha value is -3.43. The molecule has 0 aliphatic heterocycles. The molecule has 3 aromatic heterocycles. The Bertz CT molecular complexity index is 1090. The Balaban J connectivity index is 1.74. The van der Waals surface area contributed by atoms with E-state index in [-0.39, 0.29) is 23.5 Å². The first-order valence-electron chi connectivity index (χ1n) is 9.85. The van der Waals surface area contributed by atoms with Gasteiger partial charge in [0.15, 0.2) is 17.3 Å². The summed E-state index contributed by atoms with van der Waals surface area (Å²) >= 11 is 0. The molecule has 0 radical (unpaired) electrons. The maximum absolute atomic E-state index is 12.7. The van der Waals surface area contributed by atoms with Crippen molar-refractivity contribution in [3.63, 3.8) is 0 Å². The second-order valence-corrected chi connectivity index (χ2v) is 7.87. The molecule has 2 N–H and O–H groups in total. The first-order valence-corrected chi connectivity index (χ1v) is 9.85. The van der Waals surface area contributed by atoms with Crippen molar-refractivity contribution in [2.24, 2.45) is 7.05 Å². The molecular formula is C20H28N8O2. The van der Waals surface area contributed by atoms with Crippen molar-refractivity contribution in [3.05, 3.63) is 41.0 Å². The fourth-order valence-electron chi connectivity index (χ4n) is 3.29. The Kier molecular flexibility index (Phi) is 5.77. The van der Waals surface area contributed by atoms with E-state index in [1.165, 1.54) is 10.7 Å². The van der Waals surface area contributed by atoms with Crippen LogP contribution in [0.1, 0.15) is 72.1 Å². The van der Waals surface area contributed by atoms with E-state index in [1.807, 2.05) is 50.9 Å². The summed E-state index contributed by atoms with van der Waals surface area (Å²) in [5.74, 6) is 0.0704. The van der Waals surface area contributed by atoms with E-state index in [1.54, 1.807) is 19.2 Å². The lowest BCUT2D eigenvalue weighted by Crippen LogP contribution is -2.16. The molecule has 10 nitrogen and oxygen atoms in total. The van der Waals surface area contributed by atoms with Crippen LogP contribution in [-0.4, -0.2) is 41.2 Å². The lowest BCUT2D eigenvalue weighted by molar-refractivity contribution is 0.101. The van der Waals surface area contributed by atoms with Crippen LogP contribution in [0.15, 0.2) is 18.2 Å². The summed E-state index contributed by atoms with van der Waals surface area (Å²) in [6, 6.07) is 5.41. The number of rotatable bonds is 6. The van der Waals surface area contributed by atoms with Crippen molar-refractivity contribution in [1.29, 1.82) is 0 Å². The number of nitrogens with zero attached hydrogens (tertiary/aromatic N) is 6. The SMILES string of the molecule is Cc1cc(NC(=O)c2cc(C(=O)Nc3cc(C)n(C(C)C)n3)n(C)n2)nn1C(C)C. The van der Waals surface area contributed by atoms with Gasteiger partial charge in [0.2, 0.25) is 0 Å². The number of hydrogen-bond acceptors (Lipinski definition) is 5. The highest BCUT2D eigenvalue weighted by Gasteiger charge is 2.20. The summed E-state index contributed by atoms with van der Waals surface area (Å²) in [5, 5.41) is 18.4.